The van der Waals surface area contributed by atoms with Crippen LogP contribution in [0.3, 0.4) is 0 Å². The molecule has 0 aliphatic carbocycles. The van der Waals surface area contributed by atoms with Crippen LogP contribution in [0.15, 0.2) is 12.1 Å². The second-order valence-corrected chi connectivity index (χ2v) is 7.00. The monoisotopic (exact) mass is 484 g/mol. The predicted molar refractivity (Wildman–Crippen MR) is 85.9 cm³/mol. The second-order valence-electron chi connectivity index (χ2n) is 3.63. The molecule has 5 nitrogen and oxygen atoms in total. The van der Waals surface area contributed by atoms with Crippen LogP contribution in [0.25, 0.3) is 15.5 Å². The Morgan fingerprint density at radius 3 is 2.78 bits per heavy atom. The number of phenolic OH excluding ortho intramolecular Hbond substituents is 1. The zero-order valence-electron chi connectivity index (χ0n) is 9.05. The largest absolute Gasteiger partial charge is 0.506 e. The van der Waals surface area contributed by atoms with E-state index in [1.165, 1.54) is 11.3 Å². The van der Waals surface area contributed by atoms with E-state index in [1.54, 1.807) is 4.52 Å². The molecule has 0 saturated carbocycles. The third kappa shape index (κ3) is 1.99. The molecule has 2 aromatic heterocycles. The van der Waals surface area contributed by atoms with Crippen molar-refractivity contribution in [1.29, 1.82) is 0 Å². The highest BCUT2D eigenvalue weighted by Gasteiger charge is 2.15. The number of aromatic hydroxyl groups is 1. The lowest BCUT2D eigenvalue weighted by atomic mass is 10.2. The molecule has 0 unspecified atom stereocenters. The summed E-state index contributed by atoms with van der Waals surface area (Å²) in [4.78, 5) is 0.732. The summed E-state index contributed by atoms with van der Waals surface area (Å²) in [6.45, 7) is 1.85. The van der Waals surface area contributed by atoms with E-state index in [0.717, 1.165) is 28.5 Å². The van der Waals surface area contributed by atoms with Gasteiger partial charge in [-0.15, -0.1) is 10.2 Å². The minimum absolute atomic E-state index is 0.263. The Morgan fingerprint density at radius 2 is 2.06 bits per heavy atom. The molecule has 0 radical (unpaired) electrons. The number of phenols is 1. The first-order valence-corrected chi connectivity index (χ1v) is 7.91. The van der Waals surface area contributed by atoms with Gasteiger partial charge in [0.1, 0.15) is 5.75 Å². The number of aromatic nitrogens is 4. The van der Waals surface area contributed by atoms with Gasteiger partial charge in [0.05, 0.1) is 9.13 Å². The number of halogens is 2. The van der Waals surface area contributed by atoms with Crippen LogP contribution in [0.5, 0.6) is 5.75 Å². The van der Waals surface area contributed by atoms with Gasteiger partial charge in [0, 0.05) is 3.57 Å². The summed E-state index contributed by atoms with van der Waals surface area (Å²) in [5.41, 5.74) is 0.737. The summed E-state index contributed by atoms with van der Waals surface area (Å²) < 4.78 is 3.57. The van der Waals surface area contributed by atoms with Gasteiger partial charge in [-0.05, 0) is 64.2 Å². The first-order chi connectivity index (χ1) is 8.56. The Hall–Kier alpha value is -0.490. The van der Waals surface area contributed by atoms with E-state index in [9.17, 15) is 5.11 Å². The van der Waals surface area contributed by atoms with Crippen LogP contribution < -0.4 is 0 Å². The van der Waals surface area contributed by atoms with E-state index in [-0.39, 0.29) is 5.75 Å². The van der Waals surface area contributed by atoms with Crippen molar-refractivity contribution in [2.24, 2.45) is 0 Å². The highest BCUT2D eigenvalue weighted by molar-refractivity contribution is 14.1. The average Bonchev–Trinajstić information content (AvgIpc) is 2.86. The smallest absolute Gasteiger partial charge is 0.234 e. The number of benzene rings is 1. The van der Waals surface area contributed by atoms with E-state index in [1.807, 2.05) is 19.1 Å². The number of hydrogen-bond donors (Lipinski definition) is 1. The third-order valence-corrected chi connectivity index (χ3v) is 4.78. The zero-order valence-corrected chi connectivity index (χ0v) is 14.2. The highest BCUT2D eigenvalue weighted by atomic mass is 127. The molecular weight excluding hydrogens is 478 g/mol. The van der Waals surface area contributed by atoms with Gasteiger partial charge in [-0.2, -0.15) is 9.61 Å². The van der Waals surface area contributed by atoms with E-state index in [0.29, 0.717) is 0 Å². The number of fused-ring (bicyclic) bond motifs is 1. The molecule has 2 heterocycles. The Kier molecular flexibility index (Phi) is 3.18. The summed E-state index contributed by atoms with van der Waals surface area (Å²) >= 11 is 5.75. The van der Waals surface area contributed by atoms with E-state index < -0.39 is 0 Å². The summed E-state index contributed by atoms with van der Waals surface area (Å²) in [5.74, 6) is 1.01. The van der Waals surface area contributed by atoms with Crippen molar-refractivity contribution < 1.29 is 5.11 Å². The minimum Gasteiger partial charge on any atom is -0.506 e. The molecule has 1 N–H and O–H groups in total. The van der Waals surface area contributed by atoms with Gasteiger partial charge in [-0.3, -0.25) is 0 Å². The van der Waals surface area contributed by atoms with E-state index in [2.05, 4.69) is 60.5 Å². The fourth-order valence-corrected chi connectivity index (χ4v) is 4.30. The SMILES string of the molecule is Cc1nnc2sc(-c3cc(I)cc(I)c3O)nn12. The van der Waals surface area contributed by atoms with E-state index >= 15 is 0 Å². The zero-order chi connectivity index (χ0) is 12.9. The van der Waals surface area contributed by atoms with Gasteiger partial charge in [-0.25, -0.2) is 0 Å². The Morgan fingerprint density at radius 1 is 1.28 bits per heavy atom. The van der Waals surface area contributed by atoms with Crippen LogP contribution in [0.1, 0.15) is 5.82 Å². The van der Waals surface area contributed by atoms with Gasteiger partial charge >= 0.3 is 0 Å². The number of rotatable bonds is 1. The summed E-state index contributed by atoms with van der Waals surface area (Å²) in [6.07, 6.45) is 0. The topological polar surface area (TPSA) is 63.3 Å². The van der Waals surface area contributed by atoms with Crippen LogP contribution in [0.2, 0.25) is 0 Å². The molecule has 3 rings (SSSR count). The lowest BCUT2D eigenvalue weighted by Crippen LogP contribution is -1.90. The lowest BCUT2D eigenvalue weighted by molar-refractivity contribution is 0.473. The van der Waals surface area contributed by atoms with Gasteiger partial charge in [0.25, 0.3) is 0 Å². The summed E-state index contributed by atoms with van der Waals surface area (Å²) in [7, 11) is 0. The predicted octanol–water partition coefficient (Wildman–Crippen LogP) is 3.08. The van der Waals surface area contributed by atoms with Crippen LogP contribution in [0.4, 0.5) is 0 Å². The van der Waals surface area contributed by atoms with Crippen LogP contribution >= 0.6 is 56.5 Å². The molecule has 92 valence electrons. The standard InChI is InChI=1S/C10H6I2N4OS/c1-4-13-14-10-16(4)15-9(18-10)6-2-5(11)3-7(12)8(6)17/h2-3,17H,1H3. The molecule has 0 saturated heterocycles. The second kappa shape index (κ2) is 4.56. The quantitative estimate of drug-likeness (QED) is 0.540. The molecule has 0 spiro atoms. The maximum Gasteiger partial charge on any atom is 0.234 e. The van der Waals surface area contributed by atoms with Crippen molar-refractivity contribution in [3.8, 4) is 16.3 Å². The van der Waals surface area contributed by atoms with Crippen molar-refractivity contribution in [2.75, 3.05) is 0 Å². The van der Waals surface area contributed by atoms with Crippen molar-refractivity contribution in [3.63, 3.8) is 0 Å². The Bertz CT molecular complexity index is 752. The Balaban J connectivity index is 2.25. The fraction of sp³-hybridized carbons (Fsp3) is 0.100. The summed E-state index contributed by atoms with van der Waals surface area (Å²) in [6, 6.07) is 3.84. The molecule has 0 fully saturated rings. The number of aryl methyl sites for hydroxylation is 1. The fourth-order valence-electron chi connectivity index (χ4n) is 1.55. The van der Waals surface area contributed by atoms with Crippen molar-refractivity contribution in [3.05, 3.63) is 25.1 Å². The first kappa shape index (κ1) is 12.5. The molecule has 0 amide bonds. The van der Waals surface area contributed by atoms with Gasteiger partial charge < -0.3 is 5.11 Å². The number of nitrogens with zero attached hydrogens (tertiary/aromatic N) is 4. The highest BCUT2D eigenvalue weighted by Crippen LogP contribution is 2.36. The van der Waals surface area contributed by atoms with Crippen molar-refractivity contribution >= 4 is 61.5 Å². The molecule has 8 heteroatoms. The molecule has 0 atom stereocenters. The molecule has 18 heavy (non-hydrogen) atoms. The molecule has 0 bridgehead atoms. The molecule has 3 aromatic rings. The maximum absolute atomic E-state index is 10.1. The molecular formula is C10H6I2N4OS. The number of hydrogen-bond acceptors (Lipinski definition) is 5. The maximum atomic E-state index is 10.1. The molecule has 0 aliphatic rings. The minimum atomic E-state index is 0.263. The van der Waals surface area contributed by atoms with Crippen molar-refractivity contribution in [2.45, 2.75) is 6.92 Å². The third-order valence-electron chi connectivity index (χ3n) is 2.41. The summed E-state index contributed by atoms with van der Waals surface area (Å²) in [5, 5.41) is 23.3. The molecule has 1 aromatic carbocycles. The lowest BCUT2D eigenvalue weighted by Gasteiger charge is -2.03. The average molecular weight is 484 g/mol. The van der Waals surface area contributed by atoms with Gasteiger partial charge in [-0.1, -0.05) is 11.3 Å². The van der Waals surface area contributed by atoms with Crippen molar-refractivity contribution in [1.82, 2.24) is 19.8 Å². The van der Waals surface area contributed by atoms with Gasteiger partial charge in [0.2, 0.25) is 4.96 Å². The van der Waals surface area contributed by atoms with Crippen LogP contribution in [-0.4, -0.2) is 24.9 Å². The van der Waals surface area contributed by atoms with Gasteiger partial charge in [0.15, 0.2) is 10.8 Å². The Labute approximate surface area is 134 Å². The molecule has 0 aliphatic heterocycles. The normalized spacial score (nSPS) is 11.3. The van der Waals surface area contributed by atoms with Crippen LogP contribution in [-0.2, 0) is 0 Å². The first-order valence-electron chi connectivity index (χ1n) is 4.93. The van der Waals surface area contributed by atoms with E-state index in [4.69, 9.17) is 0 Å². The van der Waals surface area contributed by atoms with Crippen LogP contribution in [0, 0.1) is 14.1 Å².